The van der Waals surface area contributed by atoms with E-state index in [0.717, 1.165) is 25.2 Å². The Hall–Kier alpha value is -1.02. The molecule has 0 atom stereocenters. The Kier molecular flexibility index (Phi) is 2.70. The lowest BCUT2D eigenvalue weighted by molar-refractivity contribution is 0.336. The van der Waals surface area contributed by atoms with Crippen molar-refractivity contribution in [3.05, 3.63) is 29.3 Å². The summed E-state index contributed by atoms with van der Waals surface area (Å²) in [6, 6.07) is 6.43. The second kappa shape index (κ2) is 3.86. The van der Waals surface area contributed by atoms with Crippen LogP contribution in [0.4, 0.5) is 0 Å². The highest BCUT2D eigenvalue weighted by molar-refractivity contribution is 5.44. The van der Waals surface area contributed by atoms with Crippen LogP contribution in [0.25, 0.3) is 0 Å². The third kappa shape index (κ3) is 2.15. The minimum atomic E-state index is 0.154. The molecule has 0 saturated carbocycles. The topological polar surface area (TPSA) is 35.2 Å². The molecule has 2 nitrogen and oxygen atoms in total. The first-order chi connectivity index (χ1) is 7.12. The molecule has 0 unspecified atom stereocenters. The van der Waals surface area contributed by atoms with Gasteiger partial charge >= 0.3 is 0 Å². The van der Waals surface area contributed by atoms with Gasteiger partial charge in [0.2, 0.25) is 0 Å². The highest BCUT2D eigenvalue weighted by Gasteiger charge is 2.22. The van der Waals surface area contributed by atoms with Crippen LogP contribution in [-0.2, 0) is 12.8 Å². The van der Waals surface area contributed by atoms with Crippen molar-refractivity contribution in [1.29, 1.82) is 0 Å². The summed E-state index contributed by atoms with van der Waals surface area (Å²) in [6.07, 6.45) is 2.04. The third-order valence-electron chi connectivity index (χ3n) is 3.02. The molecule has 0 aromatic heterocycles. The van der Waals surface area contributed by atoms with Crippen molar-refractivity contribution < 1.29 is 4.74 Å². The first-order valence-corrected chi connectivity index (χ1v) is 5.56. The Balaban J connectivity index is 2.26. The number of ether oxygens (including phenoxy) is 1. The maximum absolute atomic E-state index is 5.76. The van der Waals surface area contributed by atoms with Gasteiger partial charge in [0.05, 0.1) is 6.61 Å². The normalized spacial score (nSPS) is 14.9. The molecule has 0 aliphatic carbocycles. The molecule has 1 aromatic rings. The molecule has 0 bridgehead atoms. The lowest BCUT2D eigenvalue weighted by atomic mass is 9.85. The molecular weight excluding hydrogens is 186 g/mol. The number of hydrogen-bond acceptors (Lipinski definition) is 2. The van der Waals surface area contributed by atoms with Crippen molar-refractivity contribution in [3.8, 4) is 5.75 Å². The van der Waals surface area contributed by atoms with Gasteiger partial charge in [-0.05, 0) is 29.5 Å². The standard InChI is InChI=1S/C13H19NO/c1-13(2,9-14)8-11-5-3-4-10-6-7-15-12(10)11/h3-5H,6-9,14H2,1-2H3. The Bertz CT molecular complexity index is 358. The Morgan fingerprint density at radius 1 is 1.40 bits per heavy atom. The number of nitrogens with two attached hydrogens (primary N) is 1. The highest BCUT2D eigenvalue weighted by atomic mass is 16.5. The number of hydrogen-bond donors (Lipinski definition) is 1. The lowest BCUT2D eigenvalue weighted by Gasteiger charge is -2.23. The zero-order chi connectivity index (χ0) is 10.9. The third-order valence-corrected chi connectivity index (χ3v) is 3.02. The van der Waals surface area contributed by atoms with Gasteiger partial charge < -0.3 is 10.5 Å². The van der Waals surface area contributed by atoms with Crippen LogP contribution >= 0.6 is 0 Å². The van der Waals surface area contributed by atoms with Gasteiger partial charge in [0.15, 0.2) is 0 Å². The van der Waals surface area contributed by atoms with E-state index < -0.39 is 0 Å². The summed E-state index contributed by atoms with van der Waals surface area (Å²) < 4.78 is 5.68. The van der Waals surface area contributed by atoms with E-state index in [1.165, 1.54) is 11.1 Å². The maximum Gasteiger partial charge on any atom is 0.125 e. The minimum absolute atomic E-state index is 0.154. The van der Waals surface area contributed by atoms with Crippen LogP contribution in [0, 0.1) is 5.41 Å². The van der Waals surface area contributed by atoms with Crippen molar-refractivity contribution >= 4 is 0 Å². The fourth-order valence-corrected chi connectivity index (χ4v) is 2.01. The predicted molar refractivity (Wildman–Crippen MR) is 62.2 cm³/mol. The summed E-state index contributed by atoms with van der Waals surface area (Å²) in [7, 11) is 0. The molecule has 0 fully saturated rings. The zero-order valence-corrected chi connectivity index (χ0v) is 9.55. The lowest BCUT2D eigenvalue weighted by Crippen LogP contribution is -2.26. The maximum atomic E-state index is 5.76. The van der Waals surface area contributed by atoms with Crippen molar-refractivity contribution in [1.82, 2.24) is 0 Å². The van der Waals surface area contributed by atoms with Crippen LogP contribution in [0.2, 0.25) is 0 Å². The van der Waals surface area contributed by atoms with Gasteiger partial charge in [0.1, 0.15) is 5.75 Å². The van der Waals surface area contributed by atoms with Crippen LogP contribution in [0.15, 0.2) is 18.2 Å². The number of rotatable bonds is 3. The Labute approximate surface area is 91.4 Å². The molecule has 15 heavy (non-hydrogen) atoms. The molecule has 0 saturated heterocycles. The van der Waals surface area contributed by atoms with Gasteiger partial charge in [-0.15, -0.1) is 0 Å². The van der Waals surface area contributed by atoms with Gasteiger partial charge in [0, 0.05) is 6.42 Å². The van der Waals surface area contributed by atoms with E-state index in [1.807, 2.05) is 0 Å². The average molecular weight is 205 g/mol. The molecule has 1 aliphatic rings. The number of fused-ring (bicyclic) bond motifs is 1. The van der Waals surface area contributed by atoms with E-state index >= 15 is 0 Å². The molecule has 2 N–H and O–H groups in total. The molecule has 1 aliphatic heterocycles. The summed E-state index contributed by atoms with van der Waals surface area (Å²) in [6.45, 7) is 5.93. The van der Waals surface area contributed by atoms with Gasteiger partial charge in [-0.1, -0.05) is 32.0 Å². The fraction of sp³-hybridized carbons (Fsp3) is 0.538. The highest BCUT2D eigenvalue weighted by Crippen LogP contribution is 2.33. The molecule has 0 amide bonds. The summed E-state index contributed by atoms with van der Waals surface area (Å²) in [5, 5.41) is 0. The summed E-state index contributed by atoms with van der Waals surface area (Å²) in [4.78, 5) is 0. The van der Waals surface area contributed by atoms with Crippen LogP contribution in [-0.4, -0.2) is 13.2 Å². The first-order valence-electron chi connectivity index (χ1n) is 5.56. The van der Waals surface area contributed by atoms with Crippen LogP contribution in [0.1, 0.15) is 25.0 Å². The van der Waals surface area contributed by atoms with E-state index in [1.54, 1.807) is 0 Å². The molecule has 0 spiro atoms. The molecule has 2 heteroatoms. The monoisotopic (exact) mass is 205 g/mol. The fourth-order valence-electron chi connectivity index (χ4n) is 2.01. The molecule has 0 radical (unpaired) electrons. The van der Waals surface area contributed by atoms with Gasteiger partial charge in [-0.3, -0.25) is 0 Å². The van der Waals surface area contributed by atoms with E-state index in [4.69, 9.17) is 10.5 Å². The van der Waals surface area contributed by atoms with Gasteiger partial charge in [-0.2, -0.15) is 0 Å². The van der Waals surface area contributed by atoms with Crippen LogP contribution < -0.4 is 10.5 Å². The molecule has 1 aromatic carbocycles. The zero-order valence-electron chi connectivity index (χ0n) is 9.55. The van der Waals surface area contributed by atoms with Crippen molar-refractivity contribution in [2.24, 2.45) is 11.1 Å². The van der Waals surface area contributed by atoms with Crippen molar-refractivity contribution in [3.63, 3.8) is 0 Å². The molecule has 2 rings (SSSR count). The van der Waals surface area contributed by atoms with E-state index in [-0.39, 0.29) is 5.41 Å². The SMILES string of the molecule is CC(C)(CN)Cc1cccc2c1OCC2. The number of benzene rings is 1. The Morgan fingerprint density at radius 3 is 2.93 bits per heavy atom. The summed E-state index contributed by atoms with van der Waals surface area (Å²) >= 11 is 0. The molecule has 82 valence electrons. The minimum Gasteiger partial charge on any atom is -0.493 e. The first kappa shape index (κ1) is 10.5. The van der Waals surface area contributed by atoms with Crippen LogP contribution in [0.3, 0.4) is 0 Å². The Morgan fingerprint density at radius 2 is 2.20 bits per heavy atom. The summed E-state index contributed by atoms with van der Waals surface area (Å²) in [5.41, 5.74) is 8.57. The predicted octanol–water partition coefficient (Wildman–Crippen LogP) is 2.15. The molecular formula is C13H19NO. The van der Waals surface area contributed by atoms with E-state index in [2.05, 4.69) is 32.0 Å². The second-order valence-corrected chi connectivity index (χ2v) is 5.05. The summed E-state index contributed by atoms with van der Waals surface area (Å²) in [5.74, 6) is 1.11. The second-order valence-electron chi connectivity index (χ2n) is 5.05. The smallest absolute Gasteiger partial charge is 0.125 e. The van der Waals surface area contributed by atoms with Crippen LogP contribution in [0.5, 0.6) is 5.75 Å². The largest absolute Gasteiger partial charge is 0.493 e. The van der Waals surface area contributed by atoms with Gasteiger partial charge in [-0.25, -0.2) is 0 Å². The van der Waals surface area contributed by atoms with E-state index in [0.29, 0.717) is 6.54 Å². The van der Waals surface area contributed by atoms with E-state index in [9.17, 15) is 0 Å². The van der Waals surface area contributed by atoms with Crippen molar-refractivity contribution in [2.45, 2.75) is 26.7 Å². The number of para-hydroxylation sites is 1. The van der Waals surface area contributed by atoms with Gasteiger partial charge in [0.25, 0.3) is 0 Å². The average Bonchev–Trinajstić information content (AvgIpc) is 2.66. The van der Waals surface area contributed by atoms with Crippen molar-refractivity contribution in [2.75, 3.05) is 13.2 Å². The molecule has 1 heterocycles. The quantitative estimate of drug-likeness (QED) is 0.820.